The zero-order valence-corrected chi connectivity index (χ0v) is 12.3. The number of hydrogen-bond donors (Lipinski definition) is 1. The maximum absolute atomic E-state index is 9.22. The molecule has 0 saturated carbocycles. The van der Waals surface area contributed by atoms with Crippen molar-refractivity contribution in [3.8, 4) is 6.07 Å². The van der Waals surface area contributed by atoms with E-state index in [0.29, 0.717) is 16.6 Å². The quantitative estimate of drug-likeness (QED) is 0.858. The molecule has 0 radical (unpaired) electrons. The summed E-state index contributed by atoms with van der Waals surface area (Å²) in [5.41, 5.74) is 2.59. The SMILES string of the molecule is Cc1c([C@@H]2CN3CCNC[C@H]3CO2)ccc(Cl)c1C#N. The van der Waals surface area contributed by atoms with Crippen LogP contribution in [0.15, 0.2) is 12.1 Å². The zero-order chi connectivity index (χ0) is 14.1. The van der Waals surface area contributed by atoms with Gasteiger partial charge in [-0.1, -0.05) is 17.7 Å². The third-order valence-corrected chi connectivity index (χ3v) is 4.59. The Morgan fingerprint density at radius 3 is 3.15 bits per heavy atom. The van der Waals surface area contributed by atoms with Crippen LogP contribution >= 0.6 is 11.6 Å². The van der Waals surface area contributed by atoms with Gasteiger partial charge < -0.3 is 10.1 Å². The third kappa shape index (κ3) is 2.43. The van der Waals surface area contributed by atoms with Crippen molar-refractivity contribution in [3.05, 3.63) is 33.8 Å². The van der Waals surface area contributed by atoms with Gasteiger partial charge in [-0.15, -0.1) is 0 Å². The molecule has 3 rings (SSSR count). The summed E-state index contributed by atoms with van der Waals surface area (Å²) in [5.74, 6) is 0. The van der Waals surface area contributed by atoms with Gasteiger partial charge in [0.15, 0.2) is 0 Å². The summed E-state index contributed by atoms with van der Waals surface area (Å²) in [5, 5.41) is 13.1. The van der Waals surface area contributed by atoms with E-state index in [1.165, 1.54) is 0 Å². The van der Waals surface area contributed by atoms with E-state index < -0.39 is 0 Å². The van der Waals surface area contributed by atoms with Crippen molar-refractivity contribution in [1.29, 1.82) is 5.26 Å². The van der Waals surface area contributed by atoms with E-state index in [1.54, 1.807) is 6.07 Å². The zero-order valence-electron chi connectivity index (χ0n) is 11.5. The van der Waals surface area contributed by atoms with E-state index >= 15 is 0 Å². The number of benzene rings is 1. The molecule has 4 nitrogen and oxygen atoms in total. The lowest BCUT2D eigenvalue weighted by Gasteiger charge is -2.43. The molecular weight excluding hydrogens is 274 g/mol. The Hall–Kier alpha value is -1.12. The van der Waals surface area contributed by atoms with Crippen molar-refractivity contribution < 1.29 is 4.74 Å². The van der Waals surface area contributed by atoms with Crippen molar-refractivity contribution in [3.63, 3.8) is 0 Å². The number of rotatable bonds is 1. The molecule has 2 aliphatic rings. The summed E-state index contributed by atoms with van der Waals surface area (Å²) >= 11 is 6.07. The minimum Gasteiger partial charge on any atom is -0.370 e. The number of ether oxygens (including phenoxy) is 1. The number of piperazine rings is 1. The molecule has 2 heterocycles. The first-order chi connectivity index (χ1) is 9.70. The fourth-order valence-corrected chi connectivity index (χ4v) is 3.32. The molecule has 1 aromatic carbocycles. The average molecular weight is 292 g/mol. The number of morpholine rings is 1. The predicted molar refractivity (Wildman–Crippen MR) is 77.8 cm³/mol. The van der Waals surface area contributed by atoms with Crippen LogP contribution in [0.25, 0.3) is 0 Å². The highest BCUT2D eigenvalue weighted by molar-refractivity contribution is 6.31. The van der Waals surface area contributed by atoms with Crippen molar-refractivity contribution >= 4 is 11.6 Å². The van der Waals surface area contributed by atoms with Gasteiger partial charge >= 0.3 is 0 Å². The van der Waals surface area contributed by atoms with Crippen molar-refractivity contribution in [2.75, 3.05) is 32.8 Å². The number of nitriles is 1. The normalized spacial score (nSPS) is 26.9. The molecule has 2 aliphatic heterocycles. The van der Waals surface area contributed by atoms with E-state index in [2.05, 4.69) is 16.3 Å². The first kappa shape index (κ1) is 13.8. The van der Waals surface area contributed by atoms with E-state index in [-0.39, 0.29) is 6.10 Å². The second-order valence-electron chi connectivity index (χ2n) is 5.42. The lowest BCUT2D eigenvalue weighted by Crippen LogP contribution is -2.57. The van der Waals surface area contributed by atoms with Gasteiger partial charge in [-0.2, -0.15) is 5.26 Å². The Morgan fingerprint density at radius 2 is 2.35 bits per heavy atom. The highest BCUT2D eigenvalue weighted by Crippen LogP contribution is 2.31. The van der Waals surface area contributed by atoms with E-state index in [9.17, 15) is 5.26 Å². The molecule has 2 atom stereocenters. The van der Waals surface area contributed by atoms with Crippen LogP contribution in [-0.2, 0) is 4.74 Å². The van der Waals surface area contributed by atoms with Gasteiger partial charge in [0.2, 0.25) is 0 Å². The van der Waals surface area contributed by atoms with Crippen LogP contribution in [0.2, 0.25) is 5.02 Å². The molecule has 5 heteroatoms. The molecule has 2 saturated heterocycles. The van der Waals surface area contributed by atoms with E-state index in [1.807, 2.05) is 13.0 Å². The van der Waals surface area contributed by atoms with Crippen LogP contribution in [0, 0.1) is 18.3 Å². The van der Waals surface area contributed by atoms with Gasteiger partial charge in [-0.3, -0.25) is 4.90 Å². The Bertz CT molecular complexity index is 555. The Labute approximate surface area is 124 Å². The summed E-state index contributed by atoms with van der Waals surface area (Å²) in [4.78, 5) is 2.48. The molecule has 0 aromatic heterocycles. The van der Waals surface area contributed by atoms with Crippen LogP contribution in [0.4, 0.5) is 0 Å². The monoisotopic (exact) mass is 291 g/mol. The van der Waals surface area contributed by atoms with Crippen LogP contribution in [0.3, 0.4) is 0 Å². The second-order valence-corrected chi connectivity index (χ2v) is 5.83. The molecule has 0 unspecified atom stereocenters. The number of hydrogen-bond acceptors (Lipinski definition) is 4. The van der Waals surface area contributed by atoms with Crippen molar-refractivity contribution in [2.45, 2.75) is 19.1 Å². The minimum atomic E-state index is 0.0358. The summed E-state index contributed by atoms with van der Waals surface area (Å²) in [6, 6.07) is 6.46. The standard InChI is InChI=1S/C15H18ClN3O/c1-10-12(2-3-14(16)13(10)6-17)15-8-19-5-4-18-7-11(19)9-20-15/h2-3,11,15,18H,4-5,7-9H2,1H3/t11-,15-/m0/s1. The number of nitrogens with zero attached hydrogens (tertiary/aromatic N) is 2. The lowest BCUT2D eigenvalue weighted by molar-refractivity contribution is -0.0720. The van der Waals surface area contributed by atoms with Gasteiger partial charge in [-0.05, 0) is 24.1 Å². The van der Waals surface area contributed by atoms with E-state index in [4.69, 9.17) is 16.3 Å². The largest absolute Gasteiger partial charge is 0.370 e. The molecular formula is C15H18ClN3O. The predicted octanol–water partition coefficient (Wildman–Crippen LogP) is 1.87. The molecule has 1 N–H and O–H groups in total. The molecule has 2 fully saturated rings. The number of fused-ring (bicyclic) bond motifs is 1. The Balaban J connectivity index is 1.85. The number of nitrogens with one attached hydrogen (secondary N) is 1. The third-order valence-electron chi connectivity index (χ3n) is 4.28. The maximum atomic E-state index is 9.22. The molecule has 0 aliphatic carbocycles. The number of halogens is 1. The summed E-state index contributed by atoms with van der Waals surface area (Å²) < 4.78 is 6.02. The average Bonchev–Trinajstić information content (AvgIpc) is 2.47. The summed E-state index contributed by atoms with van der Waals surface area (Å²) in [6.07, 6.45) is 0.0358. The lowest BCUT2D eigenvalue weighted by atomic mass is 9.96. The summed E-state index contributed by atoms with van der Waals surface area (Å²) in [6.45, 7) is 6.67. The van der Waals surface area contributed by atoms with Gasteiger partial charge in [0.25, 0.3) is 0 Å². The second kappa shape index (κ2) is 5.71. The molecule has 0 bridgehead atoms. The van der Waals surface area contributed by atoms with Gasteiger partial charge in [-0.25, -0.2) is 0 Å². The first-order valence-electron chi connectivity index (χ1n) is 6.96. The van der Waals surface area contributed by atoms with Crippen LogP contribution in [0.1, 0.15) is 22.8 Å². The fourth-order valence-electron chi connectivity index (χ4n) is 3.07. The van der Waals surface area contributed by atoms with Gasteiger partial charge in [0.05, 0.1) is 23.3 Å². The van der Waals surface area contributed by atoms with Gasteiger partial charge in [0, 0.05) is 32.2 Å². The molecule has 20 heavy (non-hydrogen) atoms. The summed E-state index contributed by atoms with van der Waals surface area (Å²) in [7, 11) is 0. The highest BCUT2D eigenvalue weighted by atomic mass is 35.5. The highest BCUT2D eigenvalue weighted by Gasteiger charge is 2.32. The van der Waals surface area contributed by atoms with Crippen molar-refractivity contribution in [1.82, 2.24) is 10.2 Å². The van der Waals surface area contributed by atoms with E-state index in [0.717, 1.165) is 43.9 Å². The molecule has 0 spiro atoms. The first-order valence-corrected chi connectivity index (χ1v) is 7.34. The van der Waals surface area contributed by atoms with Crippen molar-refractivity contribution in [2.24, 2.45) is 0 Å². The van der Waals surface area contributed by atoms with Crippen LogP contribution < -0.4 is 5.32 Å². The Morgan fingerprint density at radius 1 is 1.50 bits per heavy atom. The van der Waals surface area contributed by atoms with Crippen LogP contribution in [0.5, 0.6) is 0 Å². The molecule has 0 amide bonds. The molecule has 106 valence electrons. The smallest absolute Gasteiger partial charge is 0.101 e. The Kier molecular flexibility index (Phi) is 3.95. The van der Waals surface area contributed by atoms with Gasteiger partial charge in [0.1, 0.15) is 6.07 Å². The fraction of sp³-hybridized carbons (Fsp3) is 0.533. The topological polar surface area (TPSA) is 48.3 Å². The minimum absolute atomic E-state index is 0.0358. The molecule has 1 aromatic rings. The van der Waals surface area contributed by atoms with Crippen LogP contribution in [-0.4, -0.2) is 43.7 Å². The maximum Gasteiger partial charge on any atom is 0.101 e.